The van der Waals surface area contributed by atoms with Gasteiger partial charge in [-0.05, 0) is 38.8 Å². The molecule has 2 aliphatic rings. The third-order valence-electron chi connectivity index (χ3n) is 6.43. The molecule has 256 valence electrons. The highest BCUT2D eigenvalue weighted by molar-refractivity contribution is 8.00. The van der Waals surface area contributed by atoms with Crippen molar-refractivity contribution in [3.8, 4) is 0 Å². The Morgan fingerprint density at radius 2 is 1.89 bits per heavy atom. The van der Waals surface area contributed by atoms with Crippen molar-refractivity contribution in [2.24, 2.45) is 10.6 Å². The van der Waals surface area contributed by atoms with Crippen molar-refractivity contribution in [2.45, 2.75) is 50.5 Å². The Kier molecular flexibility index (Phi) is 12.5. The molecule has 1 aromatic carbocycles. The summed E-state index contributed by atoms with van der Waals surface area (Å²) in [5, 5.41) is 14.5. The number of rotatable bonds is 10. The molecule has 0 saturated carbocycles. The number of amides is 2. The minimum atomic E-state index is -4.39. The van der Waals surface area contributed by atoms with Crippen molar-refractivity contribution in [3.63, 3.8) is 0 Å². The fourth-order valence-corrected chi connectivity index (χ4v) is 7.09. The average Bonchev–Trinajstić information content (AvgIpc) is 3.41. The van der Waals surface area contributed by atoms with Crippen molar-refractivity contribution < 1.29 is 51.6 Å². The van der Waals surface area contributed by atoms with E-state index in [2.05, 4.69) is 20.3 Å². The summed E-state index contributed by atoms with van der Waals surface area (Å²) in [5.74, 6) is -0.924. The lowest BCUT2D eigenvalue weighted by atomic mass is 9.97. The molecule has 3 heterocycles. The number of benzene rings is 1. The van der Waals surface area contributed by atoms with Crippen LogP contribution in [0.25, 0.3) is 0 Å². The quantitative estimate of drug-likeness (QED) is 0.0692. The van der Waals surface area contributed by atoms with E-state index in [-0.39, 0.29) is 27.8 Å². The summed E-state index contributed by atoms with van der Waals surface area (Å²) < 4.78 is 42.8. The van der Waals surface area contributed by atoms with Crippen molar-refractivity contribution >= 4 is 68.0 Å². The molecule has 1 fully saturated rings. The van der Waals surface area contributed by atoms with Crippen LogP contribution >= 0.6 is 23.1 Å². The van der Waals surface area contributed by atoms with Gasteiger partial charge in [0.15, 0.2) is 10.8 Å². The van der Waals surface area contributed by atoms with E-state index >= 15 is 0 Å². The molecule has 0 spiro atoms. The highest BCUT2D eigenvalue weighted by atomic mass is 32.2. The summed E-state index contributed by atoms with van der Waals surface area (Å²) in [6.45, 7) is 6.90. The molecule has 19 heteroatoms. The average molecular weight is 714 g/mol. The molecule has 0 bridgehead atoms. The topological polar surface area (TPSA) is 237 Å². The van der Waals surface area contributed by atoms with Gasteiger partial charge in [0, 0.05) is 24.4 Å². The zero-order chi connectivity index (χ0) is 35.1. The number of nitrogens with two attached hydrogens (primary N) is 1. The first-order valence-corrected chi connectivity index (χ1v) is 17.2. The zero-order valence-corrected chi connectivity index (χ0v) is 28.4. The van der Waals surface area contributed by atoms with Crippen LogP contribution in [0.3, 0.4) is 0 Å². The number of methoxy groups -OCH3 is 1. The van der Waals surface area contributed by atoms with Gasteiger partial charge in [0.1, 0.15) is 28.5 Å². The molecular formula is C28H35N5O11S3. The number of oxime groups is 1. The lowest BCUT2D eigenvalue weighted by Gasteiger charge is -2.47. The van der Waals surface area contributed by atoms with E-state index in [1.54, 1.807) is 64.4 Å². The number of hydrogen-bond donors (Lipinski definition) is 4. The minimum absolute atomic E-state index is 0.0541. The molecule has 0 aliphatic carbocycles. The summed E-state index contributed by atoms with van der Waals surface area (Å²) >= 11 is 2.54. The Balaban J connectivity index is 0.000000268. The molecule has 0 radical (unpaired) electrons. The number of β-lactam (4-membered cyclic amide) rings is 1. The molecule has 16 nitrogen and oxygen atoms in total. The van der Waals surface area contributed by atoms with Crippen LogP contribution in [0.2, 0.25) is 0 Å². The number of nitrogens with zero attached hydrogens (tertiary/aromatic N) is 3. The third-order valence-corrected chi connectivity index (χ3v) is 9.78. The lowest BCUT2D eigenvalue weighted by Crippen LogP contribution is -2.69. The van der Waals surface area contributed by atoms with Crippen molar-refractivity contribution in [2.75, 3.05) is 25.2 Å². The van der Waals surface area contributed by atoms with E-state index in [1.807, 2.05) is 0 Å². The summed E-state index contributed by atoms with van der Waals surface area (Å²) in [5.41, 5.74) is 5.82. The van der Waals surface area contributed by atoms with Gasteiger partial charge in [0.25, 0.3) is 21.9 Å². The van der Waals surface area contributed by atoms with Gasteiger partial charge in [0.05, 0.1) is 12.0 Å². The van der Waals surface area contributed by atoms with Crippen LogP contribution in [0.5, 0.6) is 0 Å². The molecule has 1 saturated heterocycles. The fourth-order valence-electron chi connectivity index (χ4n) is 4.25. The second-order valence-corrected chi connectivity index (χ2v) is 14.7. The van der Waals surface area contributed by atoms with Gasteiger partial charge < -0.3 is 30.5 Å². The molecule has 1 aromatic heterocycles. The number of fused-ring (bicyclic) bond motifs is 1. The van der Waals surface area contributed by atoms with Gasteiger partial charge >= 0.3 is 12.1 Å². The van der Waals surface area contributed by atoms with Crippen molar-refractivity contribution in [3.05, 3.63) is 58.7 Å². The standard InChI is InChI=1S/C14H15N5O6S2.C14H20O5S/c1-24-3-6-2-19-11(21)9(12(19)26-4-6)17-10(20)8(18-25-14(22)23)7-5-27-13(15)16-7;1-10(19-13(15)14(2,3)4)12(20(16,17)18)11-8-6-5-7-9-11/h2,5,9,12H,3-4H2,1H3,(H2,15,16)(H,17,20)(H,22,23);5-10,12H,1-4H3,(H,16,17,18)/b18-8-;/t9?,12-;/m0./s1. The molecule has 3 unspecified atom stereocenters. The number of nitrogen functional groups attached to an aromatic ring is 1. The van der Waals surface area contributed by atoms with E-state index in [4.69, 9.17) is 20.3 Å². The van der Waals surface area contributed by atoms with E-state index in [0.717, 1.165) is 16.9 Å². The summed E-state index contributed by atoms with van der Waals surface area (Å²) in [6, 6.07) is 7.42. The smallest absolute Gasteiger partial charge is 0.460 e. The number of ether oxygens (including phenoxy) is 2. The maximum atomic E-state index is 12.5. The molecule has 2 aromatic rings. The Bertz CT molecular complexity index is 1640. The van der Waals surface area contributed by atoms with Crippen LogP contribution in [-0.4, -0.2) is 94.6 Å². The Labute approximate surface area is 279 Å². The molecule has 4 rings (SSSR count). The second kappa shape index (κ2) is 15.7. The zero-order valence-electron chi connectivity index (χ0n) is 26.0. The van der Waals surface area contributed by atoms with Crippen molar-refractivity contribution in [1.29, 1.82) is 0 Å². The number of carboxylic acid groups (broad SMARTS) is 1. The predicted molar refractivity (Wildman–Crippen MR) is 173 cm³/mol. The predicted octanol–water partition coefficient (Wildman–Crippen LogP) is 2.65. The maximum Gasteiger partial charge on any atom is 0.532 e. The van der Waals surface area contributed by atoms with E-state index in [9.17, 15) is 32.1 Å². The molecule has 2 aliphatic heterocycles. The SMILES string of the molecule is CC(OC(=O)C(C)(C)C)C(c1ccccc1)S(=O)(=O)O.COCC1=CN2C(=O)C(NC(=O)/C(=N\OC(=O)O)c3csc(N)n3)[C@@H]2SC1. The van der Waals surface area contributed by atoms with Gasteiger partial charge in [-0.2, -0.15) is 8.42 Å². The first-order chi connectivity index (χ1) is 21.9. The third kappa shape index (κ3) is 9.97. The number of hydrogen-bond acceptors (Lipinski definition) is 14. The van der Waals surface area contributed by atoms with Crippen LogP contribution in [0, 0.1) is 5.41 Å². The number of aromatic nitrogens is 1. The Morgan fingerprint density at radius 1 is 1.23 bits per heavy atom. The first-order valence-electron chi connectivity index (χ1n) is 13.8. The highest BCUT2D eigenvalue weighted by Crippen LogP contribution is 2.36. The molecule has 5 N–H and O–H groups in total. The van der Waals surface area contributed by atoms with Gasteiger partial charge in [-0.25, -0.2) is 9.78 Å². The van der Waals surface area contributed by atoms with Crippen LogP contribution in [0.4, 0.5) is 9.93 Å². The highest BCUT2D eigenvalue weighted by Gasteiger charge is 2.49. The minimum Gasteiger partial charge on any atom is -0.460 e. The van der Waals surface area contributed by atoms with Gasteiger partial charge in [-0.3, -0.25) is 23.8 Å². The van der Waals surface area contributed by atoms with Crippen LogP contribution in [-0.2, 0) is 38.8 Å². The van der Waals surface area contributed by atoms with E-state index < -0.39 is 51.0 Å². The Hall–Kier alpha value is -4.04. The van der Waals surface area contributed by atoms with Crippen LogP contribution in [0.15, 0.2) is 52.6 Å². The Morgan fingerprint density at radius 3 is 2.43 bits per heavy atom. The summed E-state index contributed by atoms with van der Waals surface area (Å²) in [6.07, 6.45) is -0.952. The number of thioether (sulfide) groups is 1. The molecular weight excluding hydrogens is 679 g/mol. The second-order valence-electron chi connectivity index (χ2n) is 11.2. The van der Waals surface area contributed by atoms with E-state index in [0.29, 0.717) is 17.9 Å². The number of carbonyl (C=O) groups is 4. The van der Waals surface area contributed by atoms with Gasteiger partial charge in [-0.15, -0.1) is 23.1 Å². The molecule has 2 amide bonds. The van der Waals surface area contributed by atoms with Gasteiger partial charge in [-0.1, -0.05) is 35.5 Å². The number of nitrogens with one attached hydrogen (secondary N) is 1. The molecule has 47 heavy (non-hydrogen) atoms. The fraction of sp³-hybridized carbons (Fsp3) is 0.429. The first kappa shape index (κ1) is 37.4. The number of carbonyl (C=O) groups excluding carboxylic acids is 3. The lowest BCUT2D eigenvalue weighted by molar-refractivity contribution is -0.157. The van der Waals surface area contributed by atoms with Crippen molar-refractivity contribution in [1.82, 2.24) is 15.2 Å². The number of thiazole rings is 1. The monoisotopic (exact) mass is 713 g/mol. The van der Waals surface area contributed by atoms with E-state index in [1.165, 1.54) is 29.0 Å². The van der Waals surface area contributed by atoms with Crippen LogP contribution in [0.1, 0.15) is 44.2 Å². The maximum absolute atomic E-state index is 12.5. The summed E-state index contributed by atoms with van der Waals surface area (Å²) in [4.78, 5) is 56.9. The summed E-state index contributed by atoms with van der Waals surface area (Å²) in [7, 11) is -2.81. The normalized spacial score (nSPS) is 19.1. The largest absolute Gasteiger partial charge is 0.532 e. The number of anilines is 1. The van der Waals surface area contributed by atoms with Crippen LogP contribution < -0.4 is 11.1 Å². The van der Waals surface area contributed by atoms with Gasteiger partial charge in [0.2, 0.25) is 0 Å². The molecule has 4 atom stereocenters. The number of esters is 1.